The first-order valence-electron chi connectivity index (χ1n) is 7.28. The molecule has 4 nitrogen and oxygen atoms in total. The lowest BCUT2D eigenvalue weighted by molar-refractivity contribution is -0.115. The average molecular weight is 342 g/mol. The third kappa shape index (κ3) is 3.97. The fraction of sp³-hybridized carbons (Fsp3) is 0.111. The Morgan fingerprint density at radius 1 is 1.17 bits per heavy atom. The highest BCUT2D eigenvalue weighted by Crippen LogP contribution is 2.25. The van der Waals surface area contributed by atoms with Gasteiger partial charge in [-0.25, -0.2) is 9.37 Å². The first kappa shape index (κ1) is 16.1. The van der Waals surface area contributed by atoms with Crippen molar-refractivity contribution in [3.63, 3.8) is 0 Å². The molecule has 0 bridgehead atoms. The summed E-state index contributed by atoms with van der Waals surface area (Å²) in [5.74, 6) is 0.324. The number of hydrogen-bond donors (Lipinski definition) is 1. The van der Waals surface area contributed by atoms with Crippen molar-refractivity contribution in [1.29, 1.82) is 0 Å². The molecule has 122 valence electrons. The summed E-state index contributed by atoms with van der Waals surface area (Å²) in [6, 6.07) is 13.4. The van der Waals surface area contributed by atoms with E-state index >= 15 is 0 Å². The molecule has 0 aliphatic heterocycles. The van der Waals surface area contributed by atoms with Gasteiger partial charge in [0.2, 0.25) is 5.91 Å². The van der Waals surface area contributed by atoms with E-state index in [1.54, 1.807) is 19.2 Å². The van der Waals surface area contributed by atoms with Gasteiger partial charge in [-0.05, 0) is 42.0 Å². The van der Waals surface area contributed by atoms with Gasteiger partial charge < -0.3 is 10.1 Å². The van der Waals surface area contributed by atoms with Crippen LogP contribution in [0.5, 0.6) is 5.75 Å². The van der Waals surface area contributed by atoms with Crippen LogP contribution >= 0.6 is 11.3 Å². The van der Waals surface area contributed by atoms with E-state index in [0.717, 1.165) is 16.9 Å². The van der Waals surface area contributed by atoms with Crippen LogP contribution in [0.25, 0.3) is 11.3 Å². The Hall–Kier alpha value is -2.73. The minimum Gasteiger partial charge on any atom is -0.497 e. The quantitative estimate of drug-likeness (QED) is 0.758. The molecule has 0 spiro atoms. The summed E-state index contributed by atoms with van der Waals surface area (Å²) in [6.07, 6.45) is 0.259. The van der Waals surface area contributed by atoms with E-state index in [1.807, 2.05) is 29.6 Å². The zero-order chi connectivity index (χ0) is 16.9. The monoisotopic (exact) mass is 342 g/mol. The van der Waals surface area contributed by atoms with Gasteiger partial charge in [-0.15, -0.1) is 11.3 Å². The van der Waals surface area contributed by atoms with Crippen LogP contribution in [-0.4, -0.2) is 18.0 Å². The van der Waals surface area contributed by atoms with E-state index < -0.39 is 0 Å². The van der Waals surface area contributed by atoms with Crippen LogP contribution < -0.4 is 10.1 Å². The number of anilines is 1. The number of ether oxygens (including phenoxy) is 1. The second-order valence-corrected chi connectivity index (χ2v) is 5.98. The predicted octanol–water partition coefficient (Wildman–Crippen LogP) is 4.14. The highest BCUT2D eigenvalue weighted by atomic mass is 32.1. The fourth-order valence-corrected chi connectivity index (χ4v) is 2.91. The molecule has 2 aromatic carbocycles. The van der Waals surface area contributed by atoms with Crippen LogP contribution in [0.4, 0.5) is 9.52 Å². The lowest BCUT2D eigenvalue weighted by Gasteiger charge is -2.04. The Kier molecular flexibility index (Phi) is 4.86. The Morgan fingerprint density at radius 2 is 1.88 bits per heavy atom. The summed E-state index contributed by atoms with van der Waals surface area (Å²) in [5.41, 5.74) is 2.41. The molecule has 1 aromatic heterocycles. The molecule has 0 saturated heterocycles. The first-order chi connectivity index (χ1) is 11.6. The molecule has 0 fully saturated rings. The molecule has 3 rings (SSSR count). The SMILES string of the molecule is COc1ccc(CC(=O)Nc2nc(-c3ccc(F)cc3)cs2)cc1. The Bertz CT molecular complexity index is 829. The maximum Gasteiger partial charge on any atom is 0.230 e. The lowest BCUT2D eigenvalue weighted by Crippen LogP contribution is -2.14. The standard InChI is InChI=1S/C18H15FN2O2S/c1-23-15-8-2-12(3-9-15)10-17(22)21-18-20-16(11-24-18)13-4-6-14(19)7-5-13/h2-9,11H,10H2,1H3,(H,20,21,22). The van der Waals surface area contributed by atoms with Crippen LogP contribution in [-0.2, 0) is 11.2 Å². The van der Waals surface area contributed by atoms with Crippen LogP contribution in [0.3, 0.4) is 0 Å². The molecular formula is C18H15FN2O2S. The largest absolute Gasteiger partial charge is 0.497 e. The van der Waals surface area contributed by atoms with Crippen molar-refractivity contribution >= 4 is 22.4 Å². The Labute approximate surface area is 142 Å². The molecule has 1 heterocycles. The molecule has 6 heteroatoms. The molecule has 0 saturated carbocycles. The Balaban J connectivity index is 1.63. The van der Waals surface area contributed by atoms with E-state index in [4.69, 9.17) is 4.74 Å². The van der Waals surface area contributed by atoms with Crippen LogP contribution in [0, 0.1) is 5.82 Å². The number of nitrogens with one attached hydrogen (secondary N) is 1. The van der Waals surface area contributed by atoms with E-state index in [0.29, 0.717) is 10.8 Å². The number of thiazole rings is 1. The Morgan fingerprint density at radius 3 is 2.54 bits per heavy atom. The van der Waals surface area contributed by atoms with E-state index in [2.05, 4.69) is 10.3 Å². The highest BCUT2D eigenvalue weighted by Gasteiger charge is 2.09. The number of nitrogens with zero attached hydrogens (tertiary/aromatic N) is 1. The number of rotatable bonds is 5. The van der Waals surface area contributed by atoms with Crippen molar-refractivity contribution in [3.8, 4) is 17.0 Å². The van der Waals surface area contributed by atoms with Crippen molar-refractivity contribution in [2.45, 2.75) is 6.42 Å². The third-order valence-corrected chi connectivity index (χ3v) is 4.17. The van der Waals surface area contributed by atoms with Crippen LogP contribution in [0.2, 0.25) is 0 Å². The van der Waals surface area contributed by atoms with Gasteiger partial charge >= 0.3 is 0 Å². The summed E-state index contributed by atoms with van der Waals surface area (Å²) < 4.78 is 18.0. The number of carbonyl (C=O) groups is 1. The van der Waals surface area contributed by atoms with Crippen LogP contribution in [0.1, 0.15) is 5.56 Å². The lowest BCUT2D eigenvalue weighted by atomic mass is 10.1. The molecule has 0 radical (unpaired) electrons. The van der Waals surface area contributed by atoms with E-state index in [9.17, 15) is 9.18 Å². The summed E-state index contributed by atoms with van der Waals surface area (Å²) in [5, 5.41) is 5.13. The van der Waals surface area contributed by atoms with Gasteiger partial charge in [0.25, 0.3) is 0 Å². The van der Waals surface area contributed by atoms with Gasteiger partial charge in [0.15, 0.2) is 5.13 Å². The molecule has 0 aliphatic carbocycles. The minimum absolute atomic E-state index is 0.139. The maximum atomic E-state index is 13.0. The van der Waals surface area contributed by atoms with E-state index in [1.165, 1.54) is 23.5 Å². The van der Waals surface area contributed by atoms with Gasteiger partial charge in [0.1, 0.15) is 11.6 Å². The molecule has 0 atom stereocenters. The summed E-state index contributed by atoms with van der Waals surface area (Å²) in [4.78, 5) is 16.5. The predicted molar refractivity (Wildman–Crippen MR) is 92.8 cm³/mol. The minimum atomic E-state index is -0.290. The van der Waals surface area contributed by atoms with Gasteiger partial charge in [-0.1, -0.05) is 12.1 Å². The van der Waals surface area contributed by atoms with Gasteiger partial charge in [-0.2, -0.15) is 0 Å². The number of halogens is 1. The normalized spacial score (nSPS) is 10.4. The number of carbonyl (C=O) groups excluding carboxylic acids is 1. The molecular weight excluding hydrogens is 327 g/mol. The zero-order valence-corrected chi connectivity index (χ0v) is 13.8. The van der Waals surface area contributed by atoms with Gasteiger partial charge in [0.05, 0.1) is 19.2 Å². The number of amides is 1. The topological polar surface area (TPSA) is 51.2 Å². The second kappa shape index (κ2) is 7.23. The number of methoxy groups -OCH3 is 1. The number of aromatic nitrogens is 1. The second-order valence-electron chi connectivity index (χ2n) is 5.12. The number of hydrogen-bond acceptors (Lipinski definition) is 4. The van der Waals surface area contributed by atoms with Crippen LogP contribution in [0.15, 0.2) is 53.9 Å². The zero-order valence-electron chi connectivity index (χ0n) is 13.0. The van der Waals surface area contributed by atoms with Crippen molar-refractivity contribution in [2.75, 3.05) is 12.4 Å². The van der Waals surface area contributed by atoms with E-state index in [-0.39, 0.29) is 18.1 Å². The molecule has 0 aliphatic rings. The molecule has 1 N–H and O–H groups in total. The first-order valence-corrected chi connectivity index (χ1v) is 8.16. The molecule has 24 heavy (non-hydrogen) atoms. The third-order valence-electron chi connectivity index (χ3n) is 3.41. The van der Waals surface area contributed by atoms with Crippen molar-refractivity contribution in [3.05, 3.63) is 65.3 Å². The van der Waals surface area contributed by atoms with Crippen molar-refractivity contribution < 1.29 is 13.9 Å². The molecule has 3 aromatic rings. The van der Waals surface area contributed by atoms with Gasteiger partial charge in [0, 0.05) is 10.9 Å². The summed E-state index contributed by atoms with van der Waals surface area (Å²) >= 11 is 1.34. The highest BCUT2D eigenvalue weighted by molar-refractivity contribution is 7.14. The van der Waals surface area contributed by atoms with Crippen molar-refractivity contribution in [1.82, 2.24) is 4.98 Å². The number of benzene rings is 2. The molecule has 0 unspecified atom stereocenters. The average Bonchev–Trinajstić information content (AvgIpc) is 3.04. The van der Waals surface area contributed by atoms with Crippen molar-refractivity contribution in [2.24, 2.45) is 0 Å². The molecule has 1 amide bonds. The fourth-order valence-electron chi connectivity index (χ4n) is 2.18. The van der Waals surface area contributed by atoms with Gasteiger partial charge in [-0.3, -0.25) is 4.79 Å². The maximum absolute atomic E-state index is 13.0. The smallest absolute Gasteiger partial charge is 0.230 e. The summed E-state index contributed by atoms with van der Waals surface area (Å²) in [6.45, 7) is 0. The summed E-state index contributed by atoms with van der Waals surface area (Å²) in [7, 11) is 1.60.